The SMILES string of the molecule is COC(=O)[C@@H]1C2CC[C@H](C[C@@H]1c1ccc(F)cc1)N2C. The van der Waals surface area contributed by atoms with Gasteiger partial charge in [0, 0.05) is 18.0 Å². The number of piperidine rings is 1. The Morgan fingerprint density at radius 3 is 2.65 bits per heavy atom. The van der Waals surface area contributed by atoms with Crippen LogP contribution in [-0.4, -0.2) is 37.1 Å². The summed E-state index contributed by atoms with van der Waals surface area (Å²) in [5, 5.41) is 0. The van der Waals surface area contributed by atoms with Gasteiger partial charge in [-0.2, -0.15) is 0 Å². The Hall–Kier alpha value is -1.42. The summed E-state index contributed by atoms with van der Waals surface area (Å²) in [5.74, 6) is -0.387. The lowest BCUT2D eigenvalue weighted by molar-refractivity contribution is -0.150. The molecule has 0 N–H and O–H groups in total. The zero-order valence-corrected chi connectivity index (χ0v) is 11.9. The molecule has 3 nitrogen and oxygen atoms in total. The third-order valence-electron chi connectivity index (χ3n) is 5.04. The highest BCUT2D eigenvalue weighted by molar-refractivity contribution is 5.75. The highest BCUT2D eigenvalue weighted by atomic mass is 19.1. The second-order valence-electron chi connectivity index (χ2n) is 5.91. The lowest BCUT2D eigenvalue weighted by Crippen LogP contribution is -2.49. The molecule has 2 saturated heterocycles. The molecule has 3 rings (SSSR count). The van der Waals surface area contributed by atoms with E-state index in [0.717, 1.165) is 24.8 Å². The number of nitrogens with zero attached hydrogens (tertiary/aromatic N) is 1. The third kappa shape index (κ3) is 2.12. The molecule has 4 heteroatoms. The Balaban J connectivity index is 1.95. The number of esters is 1. The van der Waals surface area contributed by atoms with Crippen molar-refractivity contribution in [2.75, 3.05) is 14.2 Å². The number of fused-ring (bicyclic) bond motifs is 2. The first-order valence-corrected chi connectivity index (χ1v) is 7.17. The fourth-order valence-electron chi connectivity index (χ4n) is 3.98. The number of carbonyl (C=O) groups is 1. The standard InChI is InChI=1S/C16H20FNO2/c1-18-12-7-8-14(18)15(16(19)20-2)13(9-12)10-3-5-11(17)6-4-10/h3-6,12-15H,7-9H2,1-2H3/t12-,13-,14?,15+/m1/s1. The van der Waals surface area contributed by atoms with Crippen molar-refractivity contribution in [1.29, 1.82) is 0 Å². The highest BCUT2D eigenvalue weighted by Crippen LogP contribution is 2.46. The largest absolute Gasteiger partial charge is 0.469 e. The van der Waals surface area contributed by atoms with Crippen molar-refractivity contribution >= 4 is 5.97 Å². The van der Waals surface area contributed by atoms with Crippen LogP contribution in [0.5, 0.6) is 0 Å². The smallest absolute Gasteiger partial charge is 0.310 e. The second kappa shape index (κ2) is 5.17. The number of ether oxygens (including phenoxy) is 1. The topological polar surface area (TPSA) is 29.5 Å². The van der Waals surface area contributed by atoms with Crippen molar-refractivity contribution in [3.63, 3.8) is 0 Å². The van der Waals surface area contributed by atoms with Gasteiger partial charge in [0.25, 0.3) is 0 Å². The Morgan fingerprint density at radius 2 is 2.00 bits per heavy atom. The van der Waals surface area contributed by atoms with E-state index >= 15 is 0 Å². The zero-order chi connectivity index (χ0) is 14.3. The quantitative estimate of drug-likeness (QED) is 0.778. The average molecular weight is 277 g/mol. The van der Waals surface area contributed by atoms with Gasteiger partial charge in [-0.15, -0.1) is 0 Å². The normalized spacial score (nSPS) is 33.1. The Labute approximate surface area is 118 Å². The molecule has 0 saturated carbocycles. The fourth-order valence-corrected chi connectivity index (χ4v) is 3.98. The van der Waals surface area contributed by atoms with Gasteiger partial charge < -0.3 is 4.74 Å². The van der Waals surface area contributed by atoms with Crippen molar-refractivity contribution in [3.8, 4) is 0 Å². The molecule has 0 amide bonds. The van der Waals surface area contributed by atoms with Gasteiger partial charge in [0.2, 0.25) is 0 Å². The number of methoxy groups -OCH3 is 1. The predicted octanol–water partition coefficient (Wildman–Crippen LogP) is 2.57. The summed E-state index contributed by atoms with van der Waals surface area (Å²) >= 11 is 0. The number of carbonyl (C=O) groups excluding carboxylic acids is 1. The van der Waals surface area contributed by atoms with Crippen molar-refractivity contribution in [2.45, 2.75) is 37.3 Å². The maximum atomic E-state index is 13.1. The monoisotopic (exact) mass is 277 g/mol. The molecule has 2 aliphatic heterocycles. The van der Waals surface area contributed by atoms with E-state index in [9.17, 15) is 9.18 Å². The fraction of sp³-hybridized carbons (Fsp3) is 0.562. The minimum absolute atomic E-state index is 0.136. The van der Waals surface area contributed by atoms with Crippen LogP contribution >= 0.6 is 0 Å². The molecular formula is C16H20FNO2. The minimum Gasteiger partial charge on any atom is -0.469 e. The first kappa shape index (κ1) is 13.6. The van der Waals surface area contributed by atoms with E-state index in [1.54, 1.807) is 12.1 Å². The number of hydrogen-bond acceptors (Lipinski definition) is 3. The van der Waals surface area contributed by atoms with Crippen LogP contribution in [0.2, 0.25) is 0 Å². The Bertz CT molecular complexity index is 502. The molecule has 1 unspecified atom stereocenters. The number of hydrogen-bond donors (Lipinski definition) is 0. The van der Waals surface area contributed by atoms with E-state index in [4.69, 9.17) is 4.74 Å². The van der Waals surface area contributed by atoms with Gasteiger partial charge in [-0.1, -0.05) is 12.1 Å². The molecule has 0 spiro atoms. The maximum absolute atomic E-state index is 13.1. The van der Waals surface area contributed by atoms with Gasteiger partial charge in [-0.25, -0.2) is 4.39 Å². The first-order valence-electron chi connectivity index (χ1n) is 7.17. The molecule has 0 radical (unpaired) electrons. The van der Waals surface area contributed by atoms with E-state index in [2.05, 4.69) is 11.9 Å². The molecular weight excluding hydrogens is 257 g/mol. The molecule has 0 aromatic heterocycles. The molecule has 2 heterocycles. The molecule has 1 aromatic carbocycles. The summed E-state index contributed by atoms with van der Waals surface area (Å²) in [6.07, 6.45) is 3.11. The second-order valence-corrected chi connectivity index (χ2v) is 5.91. The van der Waals surface area contributed by atoms with Crippen LogP contribution in [0.15, 0.2) is 24.3 Å². The van der Waals surface area contributed by atoms with Crippen LogP contribution in [-0.2, 0) is 9.53 Å². The molecule has 2 bridgehead atoms. The van der Waals surface area contributed by atoms with Crippen molar-refractivity contribution in [3.05, 3.63) is 35.6 Å². The van der Waals surface area contributed by atoms with E-state index in [0.29, 0.717) is 6.04 Å². The summed E-state index contributed by atoms with van der Waals surface area (Å²) in [5.41, 5.74) is 1.05. The molecule has 108 valence electrons. The van der Waals surface area contributed by atoms with Crippen molar-refractivity contribution < 1.29 is 13.9 Å². The van der Waals surface area contributed by atoms with Gasteiger partial charge >= 0.3 is 5.97 Å². The summed E-state index contributed by atoms with van der Waals surface area (Å²) in [6.45, 7) is 0. The lowest BCUT2D eigenvalue weighted by Gasteiger charge is -2.41. The van der Waals surface area contributed by atoms with E-state index in [1.165, 1.54) is 19.2 Å². The molecule has 0 aliphatic carbocycles. The summed E-state index contributed by atoms with van der Waals surface area (Å²) in [4.78, 5) is 14.5. The van der Waals surface area contributed by atoms with Gasteiger partial charge in [-0.05, 0) is 44.0 Å². The summed E-state index contributed by atoms with van der Waals surface area (Å²) in [7, 11) is 3.55. The Morgan fingerprint density at radius 1 is 1.30 bits per heavy atom. The molecule has 4 atom stereocenters. The van der Waals surface area contributed by atoms with Crippen molar-refractivity contribution in [2.24, 2.45) is 5.92 Å². The molecule has 1 aromatic rings. The van der Waals surface area contributed by atoms with Gasteiger partial charge in [0.1, 0.15) is 5.82 Å². The lowest BCUT2D eigenvalue weighted by atomic mass is 9.76. The summed E-state index contributed by atoms with van der Waals surface area (Å²) in [6, 6.07) is 7.34. The number of halogens is 1. The minimum atomic E-state index is -0.237. The van der Waals surface area contributed by atoms with Crippen LogP contribution in [0.25, 0.3) is 0 Å². The predicted molar refractivity (Wildman–Crippen MR) is 73.8 cm³/mol. The number of rotatable bonds is 2. The van der Waals surface area contributed by atoms with Crippen LogP contribution in [0, 0.1) is 11.7 Å². The van der Waals surface area contributed by atoms with Crippen LogP contribution < -0.4 is 0 Å². The van der Waals surface area contributed by atoms with Gasteiger partial charge in [0.15, 0.2) is 0 Å². The molecule has 20 heavy (non-hydrogen) atoms. The zero-order valence-electron chi connectivity index (χ0n) is 11.9. The molecule has 2 fully saturated rings. The van der Waals surface area contributed by atoms with Crippen LogP contribution in [0.4, 0.5) is 4.39 Å². The Kier molecular flexibility index (Phi) is 3.50. The van der Waals surface area contributed by atoms with Crippen LogP contribution in [0.3, 0.4) is 0 Å². The third-order valence-corrected chi connectivity index (χ3v) is 5.04. The van der Waals surface area contributed by atoms with E-state index in [1.807, 2.05) is 0 Å². The van der Waals surface area contributed by atoms with Crippen molar-refractivity contribution in [1.82, 2.24) is 4.90 Å². The van der Waals surface area contributed by atoms with E-state index < -0.39 is 0 Å². The maximum Gasteiger partial charge on any atom is 0.310 e. The van der Waals surface area contributed by atoms with Gasteiger partial charge in [-0.3, -0.25) is 9.69 Å². The first-order chi connectivity index (χ1) is 9.61. The van der Waals surface area contributed by atoms with E-state index in [-0.39, 0.29) is 29.7 Å². The highest BCUT2D eigenvalue weighted by Gasteiger charge is 2.49. The number of benzene rings is 1. The average Bonchev–Trinajstić information content (AvgIpc) is 2.70. The molecule has 2 aliphatic rings. The summed E-state index contributed by atoms with van der Waals surface area (Å²) < 4.78 is 18.1. The van der Waals surface area contributed by atoms with Crippen LogP contribution in [0.1, 0.15) is 30.7 Å². The van der Waals surface area contributed by atoms with Gasteiger partial charge in [0.05, 0.1) is 13.0 Å².